The van der Waals surface area contributed by atoms with Gasteiger partial charge in [0.25, 0.3) is 0 Å². The molecule has 0 aromatic heterocycles. The molecule has 2 fully saturated rings. The molecule has 0 radical (unpaired) electrons. The molecular formula is C19H34. The fourth-order valence-electron chi connectivity index (χ4n) is 4.48. The molecule has 0 N–H and O–H groups in total. The Kier molecular flexibility index (Phi) is 6.47. The summed E-state index contributed by atoms with van der Waals surface area (Å²) in [6, 6.07) is 0. The molecule has 0 aliphatic heterocycles. The van der Waals surface area contributed by atoms with Crippen molar-refractivity contribution in [3.05, 3.63) is 12.7 Å². The highest BCUT2D eigenvalue weighted by Gasteiger charge is 2.29. The molecule has 0 bridgehead atoms. The van der Waals surface area contributed by atoms with Gasteiger partial charge in [-0.2, -0.15) is 0 Å². The van der Waals surface area contributed by atoms with E-state index < -0.39 is 0 Å². The smallest absolute Gasteiger partial charge is 0.0236 e. The van der Waals surface area contributed by atoms with Gasteiger partial charge in [-0.05, 0) is 62.2 Å². The molecule has 0 heteroatoms. The van der Waals surface area contributed by atoms with E-state index in [1.807, 2.05) is 0 Å². The summed E-state index contributed by atoms with van der Waals surface area (Å²) >= 11 is 0. The third-order valence-electron chi connectivity index (χ3n) is 5.92. The van der Waals surface area contributed by atoms with Crippen LogP contribution in [0.2, 0.25) is 0 Å². The van der Waals surface area contributed by atoms with Crippen molar-refractivity contribution in [2.45, 2.75) is 84.0 Å². The van der Waals surface area contributed by atoms with Crippen molar-refractivity contribution in [1.82, 2.24) is 0 Å². The molecule has 110 valence electrons. The van der Waals surface area contributed by atoms with Gasteiger partial charge in [-0.3, -0.25) is 0 Å². The van der Waals surface area contributed by atoms with Crippen LogP contribution in [0.1, 0.15) is 84.0 Å². The van der Waals surface area contributed by atoms with Gasteiger partial charge in [0.15, 0.2) is 0 Å². The van der Waals surface area contributed by atoms with Crippen LogP contribution in [0.4, 0.5) is 0 Å². The lowest BCUT2D eigenvalue weighted by molar-refractivity contribution is 0.151. The van der Waals surface area contributed by atoms with Crippen LogP contribution in [0.5, 0.6) is 0 Å². The second-order valence-electron chi connectivity index (χ2n) is 7.19. The SMILES string of the molecule is C=C[C@H]1CC[C@H]([C@H]2CC[C@H](CCCCC)CC2)CC1. The first-order valence-corrected chi connectivity index (χ1v) is 8.96. The van der Waals surface area contributed by atoms with Gasteiger partial charge in [0.1, 0.15) is 0 Å². The summed E-state index contributed by atoms with van der Waals surface area (Å²) in [7, 11) is 0. The Morgan fingerprint density at radius 3 is 1.95 bits per heavy atom. The summed E-state index contributed by atoms with van der Waals surface area (Å²) in [4.78, 5) is 0. The van der Waals surface area contributed by atoms with Crippen LogP contribution in [0.15, 0.2) is 12.7 Å². The standard InChI is InChI=1S/C19H34/c1-3-5-6-7-17-10-14-19(15-11-17)18-12-8-16(4-2)9-13-18/h4,16-19H,2-3,5-15H2,1H3/t16-,17-,18-,19-. The van der Waals surface area contributed by atoms with Gasteiger partial charge >= 0.3 is 0 Å². The van der Waals surface area contributed by atoms with Crippen molar-refractivity contribution in [3.63, 3.8) is 0 Å². The lowest BCUT2D eigenvalue weighted by atomic mass is 9.68. The predicted octanol–water partition coefficient (Wildman–Crippen LogP) is 6.37. The summed E-state index contributed by atoms with van der Waals surface area (Å²) in [5, 5.41) is 0. The van der Waals surface area contributed by atoms with Gasteiger partial charge in [-0.25, -0.2) is 0 Å². The van der Waals surface area contributed by atoms with E-state index in [0.717, 1.165) is 23.7 Å². The molecule has 2 saturated carbocycles. The van der Waals surface area contributed by atoms with Crippen LogP contribution in [0.3, 0.4) is 0 Å². The topological polar surface area (TPSA) is 0 Å². The summed E-state index contributed by atoms with van der Waals surface area (Å²) in [6.07, 6.45) is 20.0. The van der Waals surface area contributed by atoms with Gasteiger partial charge in [-0.1, -0.05) is 51.5 Å². The Morgan fingerprint density at radius 2 is 1.42 bits per heavy atom. The van der Waals surface area contributed by atoms with Gasteiger partial charge in [0.05, 0.1) is 0 Å². The maximum absolute atomic E-state index is 3.97. The second kappa shape index (κ2) is 8.12. The van der Waals surface area contributed by atoms with E-state index >= 15 is 0 Å². The zero-order valence-corrected chi connectivity index (χ0v) is 13.1. The van der Waals surface area contributed by atoms with E-state index in [1.54, 1.807) is 12.8 Å². The molecule has 0 atom stereocenters. The Labute approximate surface area is 121 Å². The maximum atomic E-state index is 3.97. The van der Waals surface area contributed by atoms with Gasteiger partial charge in [0.2, 0.25) is 0 Å². The van der Waals surface area contributed by atoms with E-state index in [0.29, 0.717) is 0 Å². The second-order valence-corrected chi connectivity index (χ2v) is 7.19. The molecule has 2 aliphatic carbocycles. The quantitative estimate of drug-likeness (QED) is 0.385. The molecule has 0 amide bonds. The van der Waals surface area contributed by atoms with Crippen LogP contribution in [-0.4, -0.2) is 0 Å². The highest BCUT2D eigenvalue weighted by atomic mass is 14.3. The Hall–Kier alpha value is -0.260. The number of hydrogen-bond donors (Lipinski definition) is 0. The van der Waals surface area contributed by atoms with E-state index in [2.05, 4.69) is 19.6 Å². The average Bonchev–Trinajstić information content (AvgIpc) is 2.48. The zero-order chi connectivity index (χ0) is 13.5. The molecule has 0 aromatic rings. The minimum Gasteiger partial charge on any atom is -0.103 e. The van der Waals surface area contributed by atoms with Gasteiger partial charge < -0.3 is 0 Å². The van der Waals surface area contributed by atoms with Crippen LogP contribution in [0.25, 0.3) is 0 Å². The monoisotopic (exact) mass is 262 g/mol. The van der Waals surface area contributed by atoms with E-state index in [9.17, 15) is 0 Å². The van der Waals surface area contributed by atoms with Crippen molar-refractivity contribution >= 4 is 0 Å². The van der Waals surface area contributed by atoms with Crippen LogP contribution < -0.4 is 0 Å². The third-order valence-corrected chi connectivity index (χ3v) is 5.92. The number of allylic oxidation sites excluding steroid dienone is 1. The minimum absolute atomic E-state index is 0.835. The van der Waals surface area contributed by atoms with Crippen molar-refractivity contribution < 1.29 is 0 Å². The van der Waals surface area contributed by atoms with Crippen LogP contribution in [0, 0.1) is 23.7 Å². The van der Waals surface area contributed by atoms with E-state index in [4.69, 9.17) is 0 Å². The predicted molar refractivity (Wildman–Crippen MR) is 85.2 cm³/mol. The van der Waals surface area contributed by atoms with Crippen molar-refractivity contribution in [1.29, 1.82) is 0 Å². The molecular weight excluding hydrogens is 228 g/mol. The molecule has 0 spiro atoms. The van der Waals surface area contributed by atoms with Crippen molar-refractivity contribution in [2.24, 2.45) is 23.7 Å². The molecule has 2 rings (SSSR count). The minimum atomic E-state index is 0.835. The molecule has 0 aromatic carbocycles. The molecule has 2 aliphatic rings. The highest BCUT2D eigenvalue weighted by molar-refractivity contribution is 4.87. The van der Waals surface area contributed by atoms with E-state index in [1.165, 1.54) is 64.2 Å². The fourth-order valence-corrected chi connectivity index (χ4v) is 4.48. The maximum Gasteiger partial charge on any atom is -0.0236 e. The van der Waals surface area contributed by atoms with Gasteiger partial charge in [0, 0.05) is 0 Å². The van der Waals surface area contributed by atoms with E-state index in [-0.39, 0.29) is 0 Å². The first-order chi connectivity index (χ1) is 9.33. The summed E-state index contributed by atoms with van der Waals surface area (Å²) < 4.78 is 0. The molecule has 19 heavy (non-hydrogen) atoms. The van der Waals surface area contributed by atoms with Crippen molar-refractivity contribution in [2.75, 3.05) is 0 Å². The van der Waals surface area contributed by atoms with Crippen LogP contribution in [-0.2, 0) is 0 Å². The van der Waals surface area contributed by atoms with Crippen LogP contribution >= 0.6 is 0 Å². The Morgan fingerprint density at radius 1 is 0.842 bits per heavy atom. The highest BCUT2D eigenvalue weighted by Crippen LogP contribution is 2.42. The largest absolute Gasteiger partial charge is 0.103 e. The number of hydrogen-bond acceptors (Lipinski definition) is 0. The molecule has 0 heterocycles. The van der Waals surface area contributed by atoms with Gasteiger partial charge in [-0.15, -0.1) is 6.58 Å². The molecule has 0 nitrogen and oxygen atoms in total. The zero-order valence-electron chi connectivity index (χ0n) is 13.1. The fraction of sp³-hybridized carbons (Fsp3) is 0.895. The molecule has 0 unspecified atom stereocenters. The summed E-state index contributed by atoms with van der Waals surface area (Å²) in [6.45, 7) is 6.28. The lowest BCUT2D eigenvalue weighted by Crippen LogP contribution is -2.25. The summed E-state index contributed by atoms with van der Waals surface area (Å²) in [5.74, 6) is 4.05. The number of unbranched alkanes of at least 4 members (excludes halogenated alkanes) is 2. The third kappa shape index (κ3) is 4.65. The van der Waals surface area contributed by atoms with Crippen molar-refractivity contribution in [3.8, 4) is 0 Å². The Bertz CT molecular complexity index is 239. The summed E-state index contributed by atoms with van der Waals surface area (Å²) in [5.41, 5.74) is 0. The normalized spacial score (nSPS) is 36.1. The molecule has 0 saturated heterocycles. The number of rotatable bonds is 6. The lowest BCUT2D eigenvalue weighted by Gasteiger charge is -2.37. The Balaban J connectivity index is 1.64. The first-order valence-electron chi connectivity index (χ1n) is 8.96. The average molecular weight is 262 g/mol. The first kappa shape index (κ1) is 15.1.